The highest BCUT2D eigenvalue weighted by Crippen LogP contribution is 2.24. The molecule has 1 atom stereocenters. The number of hydrogen-bond acceptors (Lipinski definition) is 7. The molecule has 1 aromatic carbocycles. The van der Waals surface area contributed by atoms with Gasteiger partial charge in [0.1, 0.15) is 5.82 Å². The molecule has 9 heteroatoms. The largest absolute Gasteiger partial charge is 0.369 e. The molecule has 0 amide bonds. The van der Waals surface area contributed by atoms with E-state index >= 15 is 0 Å². The maximum absolute atomic E-state index is 11.6. The first-order valence-electron chi connectivity index (χ1n) is 10.0. The van der Waals surface area contributed by atoms with Crippen LogP contribution in [0.15, 0.2) is 77.7 Å². The van der Waals surface area contributed by atoms with Gasteiger partial charge in [-0.25, -0.2) is 18.4 Å². The number of aromatic nitrogens is 4. The molecule has 0 aliphatic rings. The lowest BCUT2D eigenvalue weighted by molar-refractivity contribution is 0.603. The van der Waals surface area contributed by atoms with Crippen LogP contribution in [0.25, 0.3) is 22.3 Å². The standard InChI is InChI=1S/C23H22N6O2S/c1-32(30,31)27-15-18(13-17-5-3-2-4-6-17)14-26-23-20-9-12-25-16-21(20)28-22(29-23)19-7-10-24-11-8-19/h2-12,15-16,18H,13-14H2,1H3,(H,26,28,29). The third-order valence-corrected chi connectivity index (χ3v) is 5.28. The first kappa shape index (κ1) is 21.5. The molecule has 3 aromatic heterocycles. The summed E-state index contributed by atoms with van der Waals surface area (Å²) in [6.07, 6.45) is 9.98. The van der Waals surface area contributed by atoms with Gasteiger partial charge in [-0.15, -0.1) is 0 Å². The van der Waals surface area contributed by atoms with Crippen molar-refractivity contribution in [2.24, 2.45) is 10.3 Å². The predicted molar refractivity (Wildman–Crippen MR) is 126 cm³/mol. The number of pyridine rings is 2. The van der Waals surface area contributed by atoms with E-state index in [9.17, 15) is 8.42 Å². The SMILES string of the molecule is CS(=O)(=O)N=CC(CNc1nc(-c2ccncc2)nc2cnccc12)Cc1ccccc1. The van der Waals surface area contributed by atoms with Crippen molar-refractivity contribution in [3.63, 3.8) is 0 Å². The van der Waals surface area contributed by atoms with E-state index in [0.29, 0.717) is 30.1 Å². The zero-order valence-electron chi connectivity index (χ0n) is 17.5. The average molecular weight is 447 g/mol. The molecule has 3 heterocycles. The van der Waals surface area contributed by atoms with Gasteiger partial charge in [0, 0.05) is 48.2 Å². The minimum atomic E-state index is -3.47. The van der Waals surface area contributed by atoms with Crippen LogP contribution >= 0.6 is 0 Å². The second-order valence-corrected chi connectivity index (χ2v) is 9.02. The lowest BCUT2D eigenvalue weighted by Gasteiger charge is -2.16. The van der Waals surface area contributed by atoms with Gasteiger partial charge in [-0.1, -0.05) is 30.3 Å². The Balaban J connectivity index is 1.64. The van der Waals surface area contributed by atoms with E-state index < -0.39 is 10.0 Å². The minimum absolute atomic E-state index is 0.164. The summed E-state index contributed by atoms with van der Waals surface area (Å²) in [5.74, 6) is 1.04. The molecular weight excluding hydrogens is 424 g/mol. The number of benzene rings is 1. The van der Waals surface area contributed by atoms with Crippen LogP contribution < -0.4 is 5.32 Å². The normalized spacial score (nSPS) is 12.8. The average Bonchev–Trinajstić information content (AvgIpc) is 2.81. The van der Waals surface area contributed by atoms with E-state index in [1.165, 1.54) is 6.21 Å². The van der Waals surface area contributed by atoms with Gasteiger partial charge < -0.3 is 5.32 Å². The molecule has 4 aromatic rings. The van der Waals surface area contributed by atoms with E-state index in [0.717, 1.165) is 22.8 Å². The van der Waals surface area contributed by atoms with Crippen molar-refractivity contribution < 1.29 is 8.42 Å². The maximum Gasteiger partial charge on any atom is 0.249 e. The molecule has 0 spiro atoms. The number of fused-ring (bicyclic) bond motifs is 1. The first-order chi connectivity index (χ1) is 15.5. The molecule has 0 saturated carbocycles. The van der Waals surface area contributed by atoms with E-state index in [4.69, 9.17) is 4.98 Å². The van der Waals surface area contributed by atoms with E-state index in [-0.39, 0.29) is 5.92 Å². The summed E-state index contributed by atoms with van der Waals surface area (Å²) >= 11 is 0. The third-order valence-electron chi connectivity index (χ3n) is 4.77. The summed E-state index contributed by atoms with van der Waals surface area (Å²) in [6.45, 7) is 0.443. The summed E-state index contributed by atoms with van der Waals surface area (Å²) in [4.78, 5) is 17.6. The van der Waals surface area contributed by atoms with Crippen molar-refractivity contribution in [1.29, 1.82) is 0 Å². The maximum atomic E-state index is 11.6. The topological polar surface area (TPSA) is 110 Å². The molecule has 0 bridgehead atoms. The number of sulfonamides is 1. The fourth-order valence-electron chi connectivity index (χ4n) is 3.26. The Hall–Kier alpha value is -3.72. The summed E-state index contributed by atoms with van der Waals surface area (Å²) in [7, 11) is -3.47. The Morgan fingerprint density at radius 2 is 1.75 bits per heavy atom. The van der Waals surface area contributed by atoms with Crippen LogP contribution in [0.5, 0.6) is 0 Å². The van der Waals surface area contributed by atoms with Gasteiger partial charge in [-0.2, -0.15) is 4.40 Å². The van der Waals surface area contributed by atoms with Crippen LogP contribution in [0.1, 0.15) is 5.56 Å². The monoisotopic (exact) mass is 446 g/mol. The second-order valence-electron chi connectivity index (χ2n) is 7.34. The fourth-order valence-corrected chi connectivity index (χ4v) is 3.66. The zero-order chi connectivity index (χ0) is 22.4. The van der Waals surface area contributed by atoms with Gasteiger partial charge in [0.25, 0.3) is 0 Å². The molecule has 32 heavy (non-hydrogen) atoms. The van der Waals surface area contributed by atoms with Crippen LogP contribution in [0.3, 0.4) is 0 Å². The Morgan fingerprint density at radius 1 is 1.00 bits per heavy atom. The summed E-state index contributed by atoms with van der Waals surface area (Å²) in [5, 5.41) is 4.20. The Kier molecular flexibility index (Phi) is 6.46. The molecule has 0 radical (unpaired) electrons. The van der Waals surface area contributed by atoms with Gasteiger partial charge in [0.05, 0.1) is 18.0 Å². The van der Waals surface area contributed by atoms with Gasteiger partial charge >= 0.3 is 0 Å². The molecular formula is C23H22N6O2S. The predicted octanol–water partition coefficient (Wildman–Crippen LogP) is 3.39. The lowest BCUT2D eigenvalue weighted by atomic mass is 10.0. The molecule has 1 unspecified atom stereocenters. The van der Waals surface area contributed by atoms with Crippen LogP contribution in [-0.2, 0) is 16.4 Å². The first-order valence-corrected chi connectivity index (χ1v) is 11.9. The quantitative estimate of drug-likeness (QED) is 0.413. The number of hydrogen-bond donors (Lipinski definition) is 1. The highest BCUT2D eigenvalue weighted by molar-refractivity contribution is 7.89. The number of nitrogens with zero attached hydrogens (tertiary/aromatic N) is 5. The van der Waals surface area contributed by atoms with Crippen molar-refractivity contribution >= 4 is 33.0 Å². The lowest BCUT2D eigenvalue weighted by Crippen LogP contribution is -2.20. The van der Waals surface area contributed by atoms with Crippen LogP contribution in [-0.4, -0.2) is 47.4 Å². The van der Waals surface area contributed by atoms with Gasteiger partial charge in [0.2, 0.25) is 10.0 Å². The summed E-state index contributed by atoms with van der Waals surface area (Å²) in [6, 6.07) is 15.4. The van der Waals surface area contributed by atoms with E-state index in [2.05, 4.69) is 24.7 Å². The Morgan fingerprint density at radius 3 is 2.50 bits per heavy atom. The Bertz CT molecular complexity index is 1330. The van der Waals surface area contributed by atoms with Crippen molar-refractivity contribution in [3.8, 4) is 11.4 Å². The van der Waals surface area contributed by atoms with Crippen LogP contribution in [0.2, 0.25) is 0 Å². The molecule has 162 valence electrons. The van der Waals surface area contributed by atoms with Gasteiger partial charge in [-0.05, 0) is 30.2 Å². The zero-order valence-corrected chi connectivity index (χ0v) is 18.3. The van der Waals surface area contributed by atoms with Gasteiger partial charge in [-0.3, -0.25) is 9.97 Å². The number of rotatable bonds is 8. The second kappa shape index (κ2) is 9.61. The molecule has 0 aliphatic carbocycles. The van der Waals surface area contributed by atoms with Crippen molar-refractivity contribution in [1.82, 2.24) is 19.9 Å². The molecule has 8 nitrogen and oxygen atoms in total. The van der Waals surface area contributed by atoms with Crippen molar-refractivity contribution in [2.45, 2.75) is 6.42 Å². The molecule has 1 N–H and O–H groups in total. The molecule has 0 saturated heterocycles. The third kappa shape index (κ3) is 5.70. The minimum Gasteiger partial charge on any atom is -0.369 e. The smallest absolute Gasteiger partial charge is 0.249 e. The van der Waals surface area contributed by atoms with E-state index in [1.54, 1.807) is 24.8 Å². The highest BCUT2D eigenvalue weighted by Gasteiger charge is 2.13. The highest BCUT2D eigenvalue weighted by atomic mass is 32.2. The summed E-state index contributed by atoms with van der Waals surface area (Å²) in [5.41, 5.74) is 2.64. The van der Waals surface area contributed by atoms with Crippen LogP contribution in [0.4, 0.5) is 5.82 Å². The fraction of sp³-hybridized carbons (Fsp3) is 0.174. The summed E-state index contributed by atoms with van der Waals surface area (Å²) < 4.78 is 26.9. The Labute approximate surface area is 186 Å². The van der Waals surface area contributed by atoms with E-state index in [1.807, 2.05) is 48.5 Å². The van der Waals surface area contributed by atoms with Crippen LogP contribution in [0, 0.1) is 5.92 Å². The van der Waals surface area contributed by atoms with Crippen molar-refractivity contribution in [2.75, 3.05) is 18.1 Å². The number of nitrogens with one attached hydrogen (secondary N) is 1. The van der Waals surface area contributed by atoms with Crippen molar-refractivity contribution in [3.05, 3.63) is 78.9 Å². The van der Waals surface area contributed by atoms with Gasteiger partial charge in [0.15, 0.2) is 5.82 Å². The molecule has 4 rings (SSSR count). The molecule has 0 aliphatic heterocycles. The number of anilines is 1. The molecule has 0 fully saturated rings.